The van der Waals surface area contributed by atoms with E-state index in [-0.39, 0.29) is 12.5 Å². The largest absolute Gasteiger partial charge is 0.481 e. The first kappa shape index (κ1) is 10.7. The van der Waals surface area contributed by atoms with Gasteiger partial charge in [0.25, 0.3) is 0 Å². The minimum absolute atomic E-state index is 0.0133. The molecule has 1 unspecified atom stereocenters. The van der Waals surface area contributed by atoms with Gasteiger partial charge in [0.1, 0.15) is 0 Å². The minimum Gasteiger partial charge on any atom is -0.481 e. The van der Waals surface area contributed by atoms with Crippen LogP contribution in [0.5, 0.6) is 0 Å². The van der Waals surface area contributed by atoms with Crippen LogP contribution in [0.3, 0.4) is 0 Å². The first-order chi connectivity index (χ1) is 6.68. The highest BCUT2D eigenvalue weighted by Crippen LogP contribution is 1.97. The molecule has 0 aliphatic heterocycles. The zero-order valence-electron chi connectivity index (χ0n) is 8.10. The Morgan fingerprint density at radius 1 is 1.57 bits per heavy atom. The van der Waals surface area contributed by atoms with Crippen LogP contribution in [0.4, 0.5) is 0 Å². The summed E-state index contributed by atoms with van der Waals surface area (Å²) in [6, 6.07) is 3.79. The van der Waals surface area contributed by atoms with E-state index in [4.69, 9.17) is 5.11 Å². The molecule has 76 valence electrons. The summed E-state index contributed by atoms with van der Waals surface area (Å²) in [6.07, 6.45) is 3.59. The number of rotatable bonds is 5. The molecule has 14 heavy (non-hydrogen) atoms. The molecule has 0 bridgehead atoms. The van der Waals surface area contributed by atoms with E-state index >= 15 is 0 Å². The summed E-state index contributed by atoms with van der Waals surface area (Å²) in [6.45, 7) is 2.53. The smallest absolute Gasteiger partial charge is 0.304 e. The zero-order chi connectivity index (χ0) is 10.4. The lowest BCUT2D eigenvalue weighted by Crippen LogP contribution is -2.27. The summed E-state index contributed by atoms with van der Waals surface area (Å²) in [7, 11) is 0. The highest BCUT2D eigenvalue weighted by atomic mass is 16.4. The average molecular weight is 194 g/mol. The number of carbonyl (C=O) groups is 1. The highest BCUT2D eigenvalue weighted by molar-refractivity contribution is 5.67. The summed E-state index contributed by atoms with van der Waals surface area (Å²) in [4.78, 5) is 14.3. The van der Waals surface area contributed by atoms with Crippen molar-refractivity contribution in [1.82, 2.24) is 10.3 Å². The molecule has 2 N–H and O–H groups in total. The van der Waals surface area contributed by atoms with E-state index in [1.54, 1.807) is 12.4 Å². The maximum absolute atomic E-state index is 10.4. The quantitative estimate of drug-likeness (QED) is 0.735. The standard InChI is InChI=1S/C10H14N2O2/c1-8(6-10(13)14)12-7-9-2-4-11-5-3-9/h2-5,8,12H,6-7H2,1H3,(H,13,14). The number of carboxylic acid groups (broad SMARTS) is 1. The molecule has 4 heteroatoms. The first-order valence-corrected chi connectivity index (χ1v) is 4.52. The molecule has 0 aliphatic carbocycles. The van der Waals surface area contributed by atoms with Crippen LogP contribution in [0.25, 0.3) is 0 Å². The molecule has 0 amide bonds. The molecule has 1 aromatic heterocycles. The highest BCUT2D eigenvalue weighted by Gasteiger charge is 2.05. The third-order valence-electron chi connectivity index (χ3n) is 1.88. The van der Waals surface area contributed by atoms with Crippen molar-refractivity contribution in [2.24, 2.45) is 0 Å². The van der Waals surface area contributed by atoms with Crippen LogP contribution in [0, 0.1) is 0 Å². The monoisotopic (exact) mass is 194 g/mol. The molecule has 0 fully saturated rings. The van der Waals surface area contributed by atoms with E-state index in [1.807, 2.05) is 19.1 Å². The van der Waals surface area contributed by atoms with Gasteiger partial charge in [-0.3, -0.25) is 9.78 Å². The van der Waals surface area contributed by atoms with Crippen LogP contribution in [0.15, 0.2) is 24.5 Å². The van der Waals surface area contributed by atoms with E-state index in [0.29, 0.717) is 6.54 Å². The second-order valence-corrected chi connectivity index (χ2v) is 3.24. The van der Waals surface area contributed by atoms with E-state index in [1.165, 1.54) is 0 Å². The lowest BCUT2D eigenvalue weighted by molar-refractivity contribution is -0.137. The van der Waals surface area contributed by atoms with Crippen LogP contribution >= 0.6 is 0 Å². The number of pyridine rings is 1. The predicted molar refractivity (Wildman–Crippen MR) is 52.8 cm³/mol. The van der Waals surface area contributed by atoms with Gasteiger partial charge in [-0.2, -0.15) is 0 Å². The number of aromatic nitrogens is 1. The van der Waals surface area contributed by atoms with Crippen molar-refractivity contribution in [1.29, 1.82) is 0 Å². The fraction of sp³-hybridized carbons (Fsp3) is 0.400. The van der Waals surface area contributed by atoms with Crippen molar-refractivity contribution in [2.45, 2.75) is 25.9 Å². The van der Waals surface area contributed by atoms with Gasteiger partial charge in [-0.15, -0.1) is 0 Å². The van der Waals surface area contributed by atoms with Gasteiger partial charge in [-0.05, 0) is 24.6 Å². The average Bonchev–Trinajstić information content (AvgIpc) is 2.15. The van der Waals surface area contributed by atoms with E-state index in [9.17, 15) is 4.79 Å². The van der Waals surface area contributed by atoms with Crippen molar-refractivity contribution in [3.05, 3.63) is 30.1 Å². The summed E-state index contributed by atoms with van der Waals surface area (Å²) < 4.78 is 0. The lowest BCUT2D eigenvalue weighted by atomic mass is 10.2. The Morgan fingerprint density at radius 3 is 2.79 bits per heavy atom. The molecule has 0 radical (unpaired) electrons. The van der Waals surface area contributed by atoms with Gasteiger partial charge in [0.2, 0.25) is 0 Å². The summed E-state index contributed by atoms with van der Waals surface area (Å²) in [5.74, 6) is -0.778. The third kappa shape index (κ3) is 4.00. The Kier molecular flexibility index (Phi) is 4.07. The molecule has 0 saturated carbocycles. The van der Waals surface area contributed by atoms with Gasteiger partial charge in [0.05, 0.1) is 6.42 Å². The molecule has 0 saturated heterocycles. The summed E-state index contributed by atoms with van der Waals surface area (Å²) >= 11 is 0. The van der Waals surface area contributed by atoms with Crippen molar-refractivity contribution in [3.63, 3.8) is 0 Å². The maximum atomic E-state index is 10.4. The van der Waals surface area contributed by atoms with Gasteiger partial charge < -0.3 is 10.4 Å². The van der Waals surface area contributed by atoms with Crippen LogP contribution in [0.1, 0.15) is 18.9 Å². The van der Waals surface area contributed by atoms with Gasteiger partial charge in [0.15, 0.2) is 0 Å². The number of carboxylic acids is 1. The second-order valence-electron chi connectivity index (χ2n) is 3.24. The zero-order valence-corrected chi connectivity index (χ0v) is 8.10. The normalized spacial score (nSPS) is 12.4. The molecular formula is C10H14N2O2. The molecule has 0 aliphatic rings. The molecule has 1 aromatic rings. The lowest BCUT2D eigenvalue weighted by Gasteiger charge is -2.10. The number of aliphatic carboxylic acids is 1. The Balaban J connectivity index is 2.30. The van der Waals surface area contributed by atoms with Crippen LogP contribution < -0.4 is 5.32 Å². The Bertz CT molecular complexity index is 287. The summed E-state index contributed by atoms with van der Waals surface area (Å²) in [5, 5.41) is 11.7. The Morgan fingerprint density at radius 2 is 2.21 bits per heavy atom. The Labute approximate surface area is 83.0 Å². The number of hydrogen-bond donors (Lipinski definition) is 2. The van der Waals surface area contributed by atoms with Gasteiger partial charge in [-0.1, -0.05) is 0 Å². The van der Waals surface area contributed by atoms with E-state index in [0.717, 1.165) is 5.56 Å². The molecule has 0 spiro atoms. The van der Waals surface area contributed by atoms with Gasteiger partial charge in [-0.25, -0.2) is 0 Å². The van der Waals surface area contributed by atoms with Crippen LogP contribution in [0.2, 0.25) is 0 Å². The second kappa shape index (κ2) is 5.34. The molecule has 0 aromatic carbocycles. The first-order valence-electron chi connectivity index (χ1n) is 4.52. The third-order valence-corrected chi connectivity index (χ3v) is 1.88. The van der Waals surface area contributed by atoms with Crippen molar-refractivity contribution in [3.8, 4) is 0 Å². The van der Waals surface area contributed by atoms with Gasteiger partial charge >= 0.3 is 5.97 Å². The van der Waals surface area contributed by atoms with Crippen molar-refractivity contribution in [2.75, 3.05) is 0 Å². The van der Waals surface area contributed by atoms with E-state index in [2.05, 4.69) is 10.3 Å². The van der Waals surface area contributed by atoms with Crippen molar-refractivity contribution < 1.29 is 9.90 Å². The van der Waals surface area contributed by atoms with E-state index < -0.39 is 5.97 Å². The molecule has 1 atom stereocenters. The van der Waals surface area contributed by atoms with Crippen LogP contribution in [-0.2, 0) is 11.3 Å². The topological polar surface area (TPSA) is 62.2 Å². The fourth-order valence-corrected chi connectivity index (χ4v) is 1.13. The summed E-state index contributed by atoms with van der Waals surface area (Å²) in [5.41, 5.74) is 1.11. The number of hydrogen-bond acceptors (Lipinski definition) is 3. The molecule has 1 heterocycles. The van der Waals surface area contributed by atoms with Crippen molar-refractivity contribution >= 4 is 5.97 Å². The predicted octanol–water partition coefficient (Wildman–Crippen LogP) is 1.03. The fourth-order valence-electron chi connectivity index (χ4n) is 1.13. The Hall–Kier alpha value is -1.42. The number of nitrogens with zero attached hydrogens (tertiary/aromatic N) is 1. The maximum Gasteiger partial charge on any atom is 0.304 e. The van der Waals surface area contributed by atoms with Gasteiger partial charge in [0, 0.05) is 25.0 Å². The SMILES string of the molecule is CC(CC(=O)O)NCc1ccncc1. The molecule has 4 nitrogen and oxygen atoms in total. The molecule has 1 rings (SSSR count). The van der Waals surface area contributed by atoms with Crippen LogP contribution in [-0.4, -0.2) is 22.1 Å². The number of nitrogens with one attached hydrogen (secondary N) is 1. The molecular weight excluding hydrogens is 180 g/mol. The minimum atomic E-state index is -0.778.